The summed E-state index contributed by atoms with van der Waals surface area (Å²) in [6.07, 6.45) is 0. The van der Waals surface area contributed by atoms with Crippen LogP contribution in [0.1, 0.15) is 6.92 Å². The molecule has 1 aromatic rings. The van der Waals surface area contributed by atoms with E-state index in [2.05, 4.69) is 11.9 Å². The van der Waals surface area contributed by atoms with Crippen LogP contribution in [-0.2, 0) is 4.79 Å². The van der Waals surface area contributed by atoms with E-state index in [4.69, 9.17) is 5.11 Å². The van der Waals surface area contributed by atoms with Gasteiger partial charge in [0.15, 0.2) is 0 Å². The first-order chi connectivity index (χ1) is 6.61. The quantitative estimate of drug-likeness (QED) is 0.717. The highest BCUT2D eigenvalue weighted by atomic mass is 16.4. The summed E-state index contributed by atoms with van der Waals surface area (Å²) in [5.41, 5.74) is 1.37. The van der Waals surface area contributed by atoms with E-state index in [1.807, 2.05) is 30.3 Å². The molecule has 0 aliphatic heterocycles. The molecule has 0 heterocycles. The lowest BCUT2D eigenvalue weighted by molar-refractivity contribution is -0.137. The fourth-order valence-corrected chi connectivity index (χ4v) is 1.10. The normalized spacial score (nSPS) is 11.8. The molecule has 1 rings (SSSR count). The maximum Gasteiger partial charge on any atom is 0.330 e. The summed E-state index contributed by atoms with van der Waals surface area (Å²) >= 11 is 0. The molecule has 0 aromatic heterocycles. The van der Waals surface area contributed by atoms with Gasteiger partial charge in [0.1, 0.15) is 6.04 Å². The van der Waals surface area contributed by atoms with E-state index in [-0.39, 0.29) is 0 Å². The minimum Gasteiger partial charge on any atom is -0.479 e. The average Bonchev–Trinajstić information content (AvgIpc) is 2.15. The maximum absolute atomic E-state index is 10.8. The number of hydrogen-bond acceptors (Lipinski definition) is 2. The lowest BCUT2D eigenvalue weighted by Crippen LogP contribution is -2.29. The van der Waals surface area contributed by atoms with Gasteiger partial charge in [-0.05, 0) is 24.6 Å². The highest BCUT2D eigenvalue weighted by Gasteiger charge is 2.16. The molecule has 1 aromatic carbocycles. The third kappa shape index (κ3) is 2.62. The van der Waals surface area contributed by atoms with Crippen molar-refractivity contribution in [2.45, 2.75) is 13.0 Å². The summed E-state index contributed by atoms with van der Waals surface area (Å²) in [7, 11) is 0. The van der Waals surface area contributed by atoms with E-state index in [1.54, 1.807) is 6.92 Å². The monoisotopic (exact) mass is 191 g/mol. The molecule has 0 radical (unpaired) electrons. The Kier molecular flexibility index (Phi) is 3.29. The predicted molar refractivity (Wildman–Crippen MR) is 56.3 cm³/mol. The molecule has 1 unspecified atom stereocenters. The number of anilines is 1. The van der Waals surface area contributed by atoms with Crippen LogP contribution in [0.2, 0.25) is 0 Å². The Labute approximate surface area is 83.1 Å². The molecule has 0 amide bonds. The minimum absolute atomic E-state index is 0.585. The largest absolute Gasteiger partial charge is 0.479 e. The van der Waals surface area contributed by atoms with Gasteiger partial charge >= 0.3 is 5.97 Å². The Morgan fingerprint density at radius 3 is 2.43 bits per heavy atom. The van der Waals surface area contributed by atoms with Crippen molar-refractivity contribution in [3.8, 4) is 0 Å². The molecule has 0 spiro atoms. The zero-order chi connectivity index (χ0) is 10.6. The first-order valence-corrected chi connectivity index (χ1v) is 4.31. The van der Waals surface area contributed by atoms with Crippen LogP contribution in [0.25, 0.3) is 0 Å². The summed E-state index contributed by atoms with van der Waals surface area (Å²) in [5.74, 6) is -0.915. The third-order valence-corrected chi connectivity index (χ3v) is 1.82. The van der Waals surface area contributed by atoms with Crippen molar-refractivity contribution >= 4 is 11.7 Å². The Balaban J connectivity index is 2.75. The van der Waals surface area contributed by atoms with Crippen LogP contribution in [0.15, 0.2) is 42.5 Å². The predicted octanol–water partition coefficient (Wildman–Crippen LogP) is 2.13. The highest BCUT2D eigenvalue weighted by molar-refractivity contribution is 5.80. The van der Waals surface area contributed by atoms with E-state index in [1.165, 1.54) is 0 Å². The topological polar surface area (TPSA) is 49.3 Å². The van der Waals surface area contributed by atoms with Gasteiger partial charge < -0.3 is 10.4 Å². The SMILES string of the molecule is C=C(C)C(Nc1ccccc1)C(=O)O. The number of hydrogen-bond donors (Lipinski definition) is 2. The first kappa shape index (κ1) is 10.3. The Morgan fingerprint density at radius 1 is 1.43 bits per heavy atom. The summed E-state index contributed by atoms with van der Waals surface area (Å²) in [6.45, 7) is 5.32. The number of carboxylic acids is 1. The van der Waals surface area contributed by atoms with Crippen molar-refractivity contribution in [1.29, 1.82) is 0 Å². The fraction of sp³-hybridized carbons (Fsp3) is 0.182. The summed E-state index contributed by atoms with van der Waals surface area (Å²) in [6, 6.07) is 8.48. The number of aliphatic carboxylic acids is 1. The van der Waals surface area contributed by atoms with Gasteiger partial charge in [0, 0.05) is 5.69 Å². The van der Waals surface area contributed by atoms with Crippen LogP contribution in [0.3, 0.4) is 0 Å². The standard InChI is InChI=1S/C11H13NO2/c1-8(2)10(11(13)14)12-9-6-4-3-5-7-9/h3-7,10,12H,1H2,2H3,(H,13,14). The Morgan fingerprint density at radius 2 is 2.00 bits per heavy atom. The molecule has 0 fully saturated rings. The maximum atomic E-state index is 10.8. The van der Waals surface area contributed by atoms with Crippen LogP contribution in [-0.4, -0.2) is 17.1 Å². The van der Waals surface area contributed by atoms with Crippen molar-refractivity contribution in [2.75, 3.05) is 5.32 Å². The van der Waals surface area contributed by atoms with Crippen molar-refractivity contribution in [2.24, 2.45) is 0 Å². The lowest BCUT2D eigenvalue weighted by Gasteiger charge is -2.15. The minimum atomic E-state index is -0.915. The van der Waals surface area contributed by atoms with Crippen LogP contribution in [0, 0.1) is 0 Å². The molecule has 74 valence electrons. The molecule has 0 saturated heterocycles. The molecular formula is C11H13NO2. The van der Waals surface area contributed by atoms with Crippen LogP contribution < -0.4 is 5.32 Å². The van der Waals surface area contributed by atoms with Crippen molar-refractivity contribution in [3.63, 3.8) is 0 Å². The zero-order valence-corrected chi connectivity index (χ0v) is 8.03. The molecule has 0 saturated carbocycles. The number of carbonyl (C=O) groups is 1. The van der Waals surface area contributed by atoms with E-state index >= 15 is 0 Å². The van der Waals surface area contributed by atoms with E-state index in [9.17, 15) is 4.79 Å². The smallest absolute Gasteiger partial charge is 0.330 e. The van der Waals surface area contributed by atoms with Gasteiger partial charge in [-0.3, -0.25) is 0 Å². The number of para-hydroxylation sites is 1. The Bertz CT molecular complexity index is 318. The van der Waals surface area contributed by atoms with Crippen molar-refractivity contribution < 1.29 is 9.90 Å². The second-order valence-corrected chi connectivity index (χ2v) is 3.13. The number of nitrogens with one attached hydrogen (secondary N) is 1. The van der Waals surface area contributed by atoms with Crippen LogP contribution in [0.4, 0.5) is 5.69 Å². The van der Waals surface area contributed by atoms with Crippen molar-refractivity contribution in [3.05, 3.63) is 42.5 Å². The molecular weight excluding hydrogens is 178 g/mol. The molecule has 14 heavy (non-hydrogen) atoms. The van der Waals surface area contributed by atoms with Gasteiger partial charge in [0.2, 0.25) is 0 Å². The van der Waals surface area contributed by atoms with Crippen molar-refractivity contribution in [1.82, 2.24) is 0 Å². The fourth-order valence-electron chi connectivity index (χ4n) is 1.10. The van der Waals surface area contributed by atoms with Gasteiger partial charge in [0.25, 0.3) is 0 Å². The number of rotatable bonds is 4. The second-order valence-electron chi connectivity index (χ2n) is 3.13. The molecule has 3 heteroatoms. The van der Waals surface area contributed by atoms with Gasteiger partial charge in [-0.2, -0.15) is 0 Å². The second kappa shape index (κ2) is 4.46. The highest BCUT2D eigenvalue weighted by Crippen LogP contribution is 2.10. The van der Waals surface area contributed by atoms with Gasteiger partial charge in [0.05, 0.1) is 0 Å². The molecule has 0 aliphatic carbocycles. The van der Waals surface area contributed by atoms with Gasteiger partial charge in [-0.15, -0.1) is 0 Å². The van der Waals surface area contributed by atoms with Crippen LogP contribution in [0.5, 0.6) is 0 Å². The zero-order valence-electron chi connectivity index (χ0n) is 8.03. The third-order valence-electron chi connectivity index (χ3n) is 1.82. The summed E-state index contributed by atoms with van der Waals surface area (Å²) < 4.78 is 0. The molecule has 0 aliphatic rings. The molecule has 1 atom stereocenters. The summed E-state index contributed by atoms with van der Waals surface area (Å²) in [5, 5.41) is 11.8. The van der Waals surface area contributed by atoms with E-state index in [0.29, 0.717) is 5.57 Å². The van der Waals surface area contributed by atoms with Gasteiger partial charge in [-0.1, -0.05) is 24.8 Å². The molecule has 2 N–H and O–H groups in total. The number of carboxylic acid groups (broad SMARTS) is 1. The lowest BCUT2D eigenvalue weighted by atomic mass is 10.1. The molecule has 3 nitrogen and oxygen atoms in total. The number of benzene rings is 1. The van der Waals surface area contributed by atoms with Crippen LogP contribution >= 0.6 is 0 Å². The van der Waals surface area contributed by atoms with E-state index in [0.717, 1.165) is 5.69 Å². The summed E-state index contributed by atoms with van der Waals surface area (Å²) in [4.78, 5) is 10.8. The first-order valence-electron chi connectivity index (χ1n) is 4.31. The Hall–Kier alpha value is -1.77. The average molecular weight is 191 g/mol. The van der Waals surface area contributed by atoms with Gasteiger partial charge in [-0.25, -0.2) is 4.79 Å². The van der Waals surface area contributed by atoms with E-state index < -0.39 is 12.0 Å². The molecule has 0 bridgehead atoms.